The van der Waals surface area contributed by atoms with Gasteiger partial charge in [0.2, 0.25) is 0 Å². The van der Waals surface area contributed by atoms with Gasteiger partial charge in [0.25, 0.3) is 5.91 Å². The molecule has 0 atom stereocenters. The smallest absolute Gasteiger partial charge is 0.264 e. The Morgan fingerprint density at radius 1 is 1.30 bits per heavy atom. The highest BCUT2D eigenvalue weighted by molar-refractivity contribution is 7.21. The number of nitrogens with one attached hydrogen (secondary N) is 1. The van der Waals surface area contributed by atoms with Crippen LogP contribution in [0, 0.1) is 0 Å². The Morgan fingerprint density at radius 3 is 2.80 bits per heavy atom. The first kappa shape index (κ1) is 13.6. The normalized spacial score (nSPS) is 15.8. The number of aryl methyl sites for hydroxylation is 1. The largest absolute Gasteiger partial charge is 0.335 e. The second-order valence-electron chi connectivity index (χ2n) is 5.20. The van der Waals surface area contributed by atoms with E-state index in [9.17, 15) is 4.79 Å². The number of rotatable bonds is 3. The maximum Gasteiger partial charge on any atom is 0.264 e. The number of carbonyl (C=O) groups excluding carboxylic acids is 1. The molecule has 3 rings (SSSR count). The predicted octanol–water partition coefficient (Wildman–Crippen LogP) is 2.90. The zero-order valence-corrected chi connectivity index (χ0v) is 12.6. The van der Waals surface area contributed by atoms with Crippen molar-refractivity contribution in [3.05, 3.63) is 34.7 Å². The third kappa shape index (κ3) is 2.45. The molecule has 1 fully saturated rings. The molecule has 1 aliphatic heterocycles. The van der Waals surface area contributed by atoms with Crippen LogP contribution in [0.4, 0.5) is 0 Å². The van der Waals surface area contributed by atoms with E-state index in [1.165, 1.54) is 15.6 Å². The molecule has 4 heteroatoms. The van der Waals surface area contributed by atoms with E-state index in [1.807, 2.05) is 11.0 Å². The molecule has 1 aromatic carbocycles. The molecule has 2 heterocycles. The second-order valence-corrected chi connectivity index (χ2v) is 6.25. The Balaban J connectivity index is 2.00. The molecule has 0 unspecified atom stereocenters. The van der Waals surface area contributed by atoms with Crippen LogP contribution in [-0.2, 0) is 6.42 Å². The second kappa shape index (κ2) is 5.94. The highest BCUT2D eigenvalue weighted by Crippen LogP contribution is 2.33. The monoisotopic (exact) mass is 288 g/mol. The molecular weight excluding hydrogens is 268 g/mol. The Morgan fingerprint density at radius 2 is 2.05 bits per heavy atom. The summed E-state index contributed by atoms with van der Waals surface area (Å²) in [5, 5.41) is 4.56. The van der Waals surface area contributed by atoms with Crippen LogP contribution in [-0.4, -0.2) is 37.0 Å². The molecule has 0 radical (unpaired) electrons. The van der Waals surface area contributed by atoms with E-state index in [0.29, 0.717) is 0 Å². The number of nitrogens with zero attached hydrogens (tertiary/aromatic N) is 1. The van der Waals surface area contributed by atoms with Crippen LogP contribution in [0.15, 0.2) is 24.3 Å². The van der Waals surface area contributed by atoms with Crippen molar-refractivity contribution in [1.29, 1.82) is 0 Å². The summed E-state index contributed by atoms with van der Waals surface area (Å²) >= 11 is 1.65. The first-order chi connectivity index (χ1) is 9.81. The van der Waals surface area contributed by atoms with Gasteiger partial charge in [0, 0.05) is 30.9 Å². The lowest BCUT2D eigenvalue weighted by atomic mass is 10.1. The van der Waals surface area contributed by atoms with Gasteiger partial charge in [0.05, 0.1) is 4.88 Å². The molecule has 0 bridgehead atoms. The average Bonchev–Trinajstić information content (AvgIpc) is 2.87. The fourth-order valence-corrected chi connectivity index (χ4v) is 4.00. The predicted molar refractivity (Wildman–Crippen MR) is 84.6 cm³/mol. The first-order valence-electron chi connectivity index (χ1n) is 7.31. The molecule has 1 aromatic heterocycles. The van der Waals surface area contributed by atoms with Crippen LogP contribution in [0.3, 0.4) is 0 Å². The van der Waals surface area contributed by atoms with Crippen LogP contribution < -0.4 is 5.32 Å². The minimum atomic E-state index is 0.219. The van der Waals surface area contributed by atoms with Gasteiger partial charge in [0.15, 0.2) is 0 Å². The molecule has 1 N–H and O–H groups in total. The Kier molecular flexibility index (Phi) is 4.03. The number of amides is 1. The van der Waals surface area contributed by atoms with Gasteiger partial charge < -0.3 is 10.2 Å². The van der Waals surface area contributed by atoms with Gasteiger partial charge in [-0.05, 0) is 23.4 Å². The molecule has 20 heavy (non-hydrogen) atoms. The van der Waals surface area contributed by atoms with Crippen molar-refractivity contribution in [1.82, 2.24) is 10.2 Å². The van der Waals surface area contributed by atoms with E-state index in [4.69, 9.17) is 0 Å². The molecular formula is C16H20N2OS. The number of carbonyl (C=O) groups is 1. The molecule has 0 saturated carbocycles. The highest BCUT2D eigenvalue weighted by atomic mass is 32.1. The third-order valence-electron chi connectivity index (χ3n) is 3.80. The zero-order valence-electron chi connectivity index (χ0n) is 11.8. The van der Waals surface area contributed by atoms with Crippen molar-refractivity contribution in [3.8, 4) is 0 Å². The van der Waals surface area contributed by atoms with Crippen molar-refractivity contribution >= 4 is 27.3 Å². The average molecular weight is 288 g/mol. The topological polar surface area (TPSA) is 32.3 Å². The summed E-state index contributed by atoms with van der Waals surface area (Å²) < 4.78 is 1.23. The Labute approximate surface area is 123 Å². The van der Waals surface area contributed by atoms with Gasteiger partial charge in [-0.15, -0.1) is 11.3 Å². The van der Waals surface area contributed by atoms with E-state index >= 15 is 0 Å². The van der Waals surface area contributed by atoms with Crippen molar-refractivity contribution in [3.63, 3.8) is 0 Å². The highest BCUT2D eigenvalue weighted by Gasteiger charge is 2.23. The van der Waals surface area contributed by atoms with E-state index < -0.39 is 0 Å². The fourth-order valence-electron chi connectivity index (χ4n) is 2.78. The van der Waals surface area contributed by atoms with Crippen LogP contribution in [0.2, 0.25) is 0 Å². The lowest BCUT2D eigenvalue weighted by Crippen LogP contribution is -2.46. The maximum absolute atomic E-state index is 12.8. The van der Waals surface area contributed by atoms with E-state index in [-0.39, 0.29) is 5.91 Å². The van der Waals surface area contributed by atoms with Crippen molar-refractivity contribution < 1.29 is 4.79 Å². The number of benzene rings is 1. The Bertz CT molecular complexity index is 614. The lowest BCUT2D eigenvalue weighted by Gasteiger charge is -2.27. The summed E-state index contributed by atoms with van der Waals surface area (Å²) in [5.74, 6) is 0.219. The molecule has 2 aromatic rings. The van der Waals surface area contributed by atoms with Gasteiger partial charge in [-0.3, -0.25) is 4.79 Å². The minimum absolute atomic E-state index is 0.219. The molecule has 106 valence electrons. The minimum Gasteiger partial charge on any atom is -0.335 e. The van der Waals surface area contributed by atoms with Gasteiger partial charge in [0.1, 0.15) is 0 Å². The number of piperazine rings is 1. The number of thiophene rings is 1. The standard InChI is InChI=1S/C16H20N2OS/c1-2-5-13-12-6-3-4-7-14(12)20-15(13)16(19)18-10-8-17-9-11-18/h3-4,6-7,17H,2,5,8-11H2,1H3. The van der Waals surface area contributed by atoms with Gasteiger partial charge in [-0.2, -0.15) is 0 Å². The molecule has 1 aliphatic rings. The van der Waals surface area contributed by atoms with Gasteiger partial charge >= 0.3 is 0 Å². The molecule has 0 aliphatic carbocycles. The lowest BCUT2D eigenvalue weighted by molar-refractivity contribution is 0.0740. The summed E-state index contributed by atoms with van der Waals surface area (Å²) in [6, 6.07) is 8.37. The first-order valence-corrected chi connectivity index (χ1v) is 8.13. The molecule has 0 spiro atoms. The fraction of sp³-hybridized carbons (Fsp3) is 0.438. The van der Waals surface area contributed by atoms with E-state index in [0.717, 1.165) is 43.9 Å². The number of hydrogen-bond acceptors (Lipinski definition) is 3. The third-order valence-corrected chi connectivity index (χ3v) is 5.00. The van der Waals surface area contributed by atoms with Crippen LogP contribution >= 0.6 is 11.3 Å². The van der Waals surface area contributed by atoms with Crippen LogP contribution in [0.5, 0.6) is 0 Å². The van der Waals surface area contributed by atoms with Crippen molar-refractivity contribution in [2.45, 2.75) is 19.8 Å². The SMILES string of the molecule is CCCc1c(C(=O)N2CCNCC2)sc2ccccc12. The van der Waals surface area contributed by atoms with Crippen LogP contribution in [0.25, 0.3) is 10.1 Å². The summed E-state index contributed by atoms with van der Waals surface area (Å²) in [5.41, 5.74) is 1.25. The van der Waals surface area contributed by atoms with Crippen LogP contribution in [0.1, 0.15) is 28.6 Å². The number of hydrogen-bond donors (Lipinski definition) is 1. The molecule has 3 nitrogen and oxygen atoms in total. The summed E-state index contributed by atoms with van der Waals surface area (Å²) in [6.07, 6.45) is 2.06. The van der Waals surface area contributed by atoms with Gasteiger partial charge in [-0.1, -0.05) is 31.5 Å². The maximum atomic E-state index is 12.8. The quantitative estimate of drug-likeness (QED) is 0.942. The van der Waals surface area contributed by atoms with Crippen molar-refractivity contribution in [2.75, 3.05) is 26.2 Å². The van der Waals surface area contributed by atoms with Crippen molar-refractivity contribution in [2.24, 2.45) is 0 Å². The number of fused-ring (bicyclic) bond motifs is 1. The summed E-state index contributed by atoms with van der Waals surface area (Å²) in [4.78, 5) is 15.7. The summed E-state index contributed by atoms with van der Waals surface area (Å²) in [6.45, 7) is 5.61. The summed E-state index contributed by atoms with van der Waals surface area (Å²) in [7, 11) is 0. The Hall–Kier alpha value is -1.39. The van der Waals surface area contributed by atoms with E-state index in [2.05, 4.69) is 30.4 Å². The van der Waals surface area contributed by atoms with E-state index in [1.54, 1.807) is 11.3 Å². The zero-order chi connectivity index (χ0) is 13.9. The van der Waals surface area contributed by atoms with Gasteiger partial charge in [-0.25, -0.2) is 0 Å². The molecule has 1 saturated heterocycles. The molecule has 1 amide bonds.